The van der Waals surface area contributed by atoms with Gasteiger partial charge in [-0.3, -0.25) is 14.2 Å². The predicted octanol–water partition coefficient (Wildman–Crippen LogP) is 4.07. The van der Waals surface area contributed by atoms with Crippen molar-refractivity contribution in [3.8, 4) is 17.1 Å². The lowest BCUT2D eigenvalue weighted by Crippen LogP contribution is -2.15. The molecule has 0 spiro atoms. The van der Waals surface area contributed by atoms with E-state index in [9.17, 15) is 9.59 Å². The smallest absolute Gasteiger partial charge is 0.248 e. The van der Waals surface area contributed by atoms with Gasteiger partial charge in [0.15, 0.2) is 11.0 Å². The van der Waals surface area contributed by atoms with Gasteiger partial charge in [0.2, 0.25) is 11.8 Å². The lowest BCUT2D eigenvalue weighted by Gasteiger charge is -2.11. The van der Waals surface area contributed by atoms with E-state index in [0.717, 1.165) is 16.8 Å². The molecule has 0 aliphatic heterocycles. The van der Waals surface area contributed by atoms with Crippen LogP contribution in [0.2, 0.25) is 0 Å². The van der Waals surface area contributed by atoms with Gasteiger partial charge in [-0.05, 0) is 43.3 Å². The first-order valence-corrected chi connectivity index (χ1v) is 10.9. The van der Waals surface area contributed by atoms with Crippen molar-refractivity contribution in [2.24, 2.45) is 5.73 Å². The van der Waals surface area contributed by atoms with Gasteiger partial charge >= 0.3 is 0 Å². The highest BCUT2D eigenvalue weighted by Gasteiger charge is 2.17. The summed E-state index contributed by atoms with van der Waals surface area (Å²) < 4.78 is 1.95. The van der Waals surface area contributed by atoms with Crippen molar-refractivity contribution in [2.45, 2.75) is 12.1 Å². The Morgan fingerprint density at radius 2 is 1.62 bits per heavy atom. The molecule has 32 heavy (non-hydrogen) atoms. The van der Waals surface area contributed by atoms with Crippen LogP contribution in [0.1, 0.15) is 15.9 Å². The van der Waals surface area contributed by atoms with E-state index in [0.29, 0.717) is 22.2 Å². The van der Waals surface area contributed by atoms with Crippen molar-refractivity contribution < 1.29 is 9.59 Å². The van der Waals surface area contributed by atoms with E-state index in [1.54, 1.807) is 24.3 Å². The number of rotatable bonds is 7. The van der Waals surface area contributed by atoms with Gasteiger partial charge in [0.25, 0.3) is 0 Å². The van der Waals surface area contributed by atoms with Crippen LogP contribution in [0, 0.1) is 6.92 Å². The summed E-state index contributed by atoms with van der Waals surface area (Å²) in [5.41, 5.74) is 9.24. The zero-order valence-electron chi connectivity index (χ0n) is 17.4. The van der Waals surface area contributed by atoms with Crippen LogP contribution in [0.5, 0.6) is 0 Å². The molecular weight excluding hydrogens is 422 g/mol. The van der Waals surface area contributed by atoms with E-state index in [1.807, 2.05) is 66.1 Å². The summed E-state index contributed by atoms with van der Waals surface area (Å²) >= 11 is 1.30. The van der Waals surface area contributed by atoms with E-state index in [4.69, 9.17) is 5.73 Å². The molecule has 2 amide bonds. The molecule has 0 saturated carbocycles. The van der Waals surface area contributed by atoms with E-state index in [2.05, 4.69) is 15.5 Å². The molecule has 4 aromatic rings. The number of aromatic nitrogens is 3. The van der Waals surface area contributed by atoms with Gasteiger partial charge in [0.1, 0.15) is 0 Å². The van der Waals surface area contributed by atoms with Crippen LogP contribution >= 0.6 is 11.8 Å². The Morgan fingerprint density at radius 3 is 2.28 bits per heavy atom. The molecule has 0 bridgehead atoms. The fourth-order valence-corrected chi connectivity index (χ4v) is 3.86. The molecule has 3 aromatic carbocycles. The van der Waals surface area contributed by atoms with Crippen molar-refractivity contribution in [1.82, 2.24) is 14.8 Å². The van der Waals surface area contributed by atoms with E-state index in [1.165, 1.54) is 11.8 Å². The van der Waals surface area contributed by atoms with Crippen LogP contribution in [0.4, 0.5) is 5.69 Å². The number of nitrogens with two attached hydrogens (primary N) is 1. The Labute approximate surface area is 189 Å². The number of carbonyl (C=O) groups is 2. The quantitative estimate of drug-likeness (QED) is 0.419. The van der Waals surface area contributed by atoms with Gasteiger partial charge in [-0.1, -0.05) is 59.8 Å². The number of hydrogen-bond donors (Lipinski definition) is 2. The molecule has 7 nitrogen and oxygen atoms in total. The number of aryl methyl sites for hydroxylation is 1. The molecule has 3 N–H and O–H groups in total. The third-order valence-corrected chi connectivity index (χ3v) is 5.67. The van der Waals surface area contributed by atoms with Crippen molar-refractivity contribution in [3.05, 3.63) is 90.0 Å². The first kappa shape index (κ1) is 21.3. The van der Waals surface area contributed by atoms with E-state index in [-0.39, 0.29) is 11.7 Å². The maximum Gasteiger partial charge on any atom is 0.248 e. The summed E-state index contributed by atoms with van der Waals surface area (Å²) in [6.07, 6.45) is 0. The molecule has 4 rings (SSSR count). The van der Waals surface area contributed by atoms with Gasteiger partial charge < -0.3 is 11.1 Å². The lowest BCUT2D eigenvalue weighted by molar-refractivity contribution is -0.113. The first-order valence-electron chi connectivity index (χ1n) is 9.91. The lowest BCUT2D eigenvalue weighted by atomic mass is 10.1. The predicted molar refractivity (Wildman–Crippen MR) is 126 cm³/mol. The standard InChI is InChI=1S/C24H21N5O2S/c1-16-7-9-18(10-8-16)23-27-28-24(29(23)20-5-3-2-4-6-20)32-15-21(30)26-19-13-11-17(12-14-19)22(25)31/h2-14H,15H2,1H3,(H2,25,31)(H,26,30). The normalized spacial score (nSPS) is 10.7. The Kier molecular flexibility index (Phi) is 6.32. The Hall–Kier alpha value is -3.91. The summed E-state index contributed by atoms with van der Waals surface area (Å²) in [5, 5.41) is 12.2. The molecule has 160 valence electrons. The van der Waals surface area contributed by atoms with E-state index < -0.39 is 5.91 Å². The highest BCUT2D eigenvalue weighted by atomic mass is 32.2. The number of amides is 2. The molecule has 1 heterocycles. The van der Waals surface area contributed by atoms with Crippen LogP contribution < -0.4 is 11.1 Å². The van der Waals surface area contributed by atoms with Crippen molar-refractivity contribution in [1.29, 1.82) is 0 Å². The van der Waals surface area contributed by atoms with Crippen LogP contribution in [-0.4, -0.2) is 32.3 Å². The number of anilines is 1. The van der Waals surface area contributed by atoms with Gasteiger partial charge in [0.05, 0.1) is 5.75 Å². The number of carbonyl (C=O) groups excluding carboxylic acids is 2. The molecule has 0 radical (unpaired) electrons. The average molecular weight is 444 g/mol. The molecule has 0 saturated heterocycles. The Balaban J connectivity index is 1.53. The minimum atomic E-state index is -0.511. The summed E-state index contributed by atoms with van der Waals surface area (Å²) in [5.74, 6) is 0.154. The monoisotopic (exact) mass is 443 g/mol. The molecule has 0 fully saturated rings. The van der Waals surface area contributed by atoms with Crippen molar-refractivity contribution in [2.75, 3.05) is 11.1 Å². The SMILES string of the molecule is Cc1ccc(-c2nnc(SCC(=O)Nc3ccc(C(N)=O)cc3)n2-c2ccccc2)cc1. The maximum atomic E-state index is 12.5. The number of benzene rings is 3. The second kappa shape index (κ2) is 9.49. The summed E-state index contributed by atoms with van der Waals surface area (Å²) in [6, 6.07) is 24.3. The Bertz CT molecular complexity index is 1240. The number of thioether (sulfide) groups is 1. The Morgan fingerprint density at radius 1 is 0.938 bits per heavy atom. The van der Waals surface area contributed by atoms with Crippen LogP contribution in [0.3, 0.4) is 0 Å². The van der Waals surface area contributed by atoms with Crippen molar-refractivity contribution in [3.63, 3.8) is 0 Å². The van der Waals surface area contributed by atoms with Gasteiger partial charge in [-0.2, -0.15) is 0 Å². The number of para-hydroxylation sites is 1. The van der Waals surface area contributed by atoms with Gasteiger partial charge in [0, 0.05) is 22.5 Å². The van der Waals surface area contributed by atoms with Crippen molar-refractivity contribution >= 4 is 29.3 Å². The summed E-state index contributed by atoms with van der Waals surface area (Å²) in [7, 11) is 0. The number of nitrogens with zero attached hydrogens (tertiary/aromatic N) is 3. The summed E-state index contributed by atoms with van der Waals surface area (Å²) in [4.78, 5) is 23.7. The highest BCUT2D eigenvalue weighted by molar-refractivity contribution is 7.99. The fourth-order valence-electron chi connectivity index (χ4n) is 3.11. The van der Waals surface area contributed by atoms with Crippen LogP contribution in [-0.2, 0) is 4.79 Å². The second-order valence-corrected chi connectivity index (χ2v) is 8.06. The molecule has 1 aromatic heterocycles. The second-order valence-electron chi connectivity index (χ2n) is 7.12. The molecule has 0 atom stereocenters. The van der Waals surface area contributed by atoms with Gasteiger partial charge in [-0.25, -0.2) is 0 Å². The van der Waals surface area contributed by atoms with E-state index >= 15 is 0 Å². The van der Waals surface area contributed by atoms with Gasteiger partial charge in [-0.15, -0.1) is 10.2 Å². The fraction of sp³-hybridized carbons (Fsp3) is 0.0833. The zero-order chi connectivity index (χ0) is 22.5. The molecular formula is C24H21N5O2S. The largest absolute Gasteiger partial charge is 0.366 e. The number of nitrogens with one attached hydrogen (secondary N) is 1. The topological polar surface area (TPSA) is 103 Å². The first-order chi connectivity index (χ1) is 15.5. The average Bonchev–Trinajstić information content (AvgIpc) is 3.23. The molecule has 8 heteroatoms. The third kappa shape index (κ3) is 4.87. The minimum absolute atomic E-state index is 0.149. The number of hydrogen-bond acceptors (Lipinski definition) is 5. The zero-order valence-corrected chi connectivity index (χ0v) is 18.2. The highest BCUT2D eigenvalue weighted by Crippen LogP contribution is 2.28. The van der Waals surface area contributed by atoms with Crippen LogP contribution in [0.15, 0.2) is 84.0 Å². The number of primary amides is 1. The maximum absolute atomic E-state index is 12.5. The minimum Gasteiger partial charge on any atom is -0.366 e. The molecule has 0 unspecified atom stereocenters. The third-order valence-electron chi connectivity index (χ3n) is 4.74. The molecule has 0 aliphatic rings. The van der Waals surface area contributed by atoms with Crippen LogP contribution in [0.25, 0.3) is 17.1 Å². The molecule has 0 aliphatic carbocycles. The summed E-state index contributed by atoms with van der Waals surface area (Å²) in [6.45, 7) is 2.03.